The number of piperidine rings is 1. The highest BCUT2D eigenvalue weighted by Crippen LogP contribution is 2.32. The first-order valence-corrected chi connectivity index (χ1v) is 8.14. The van der Waals surface area contributed by atoms with Crippen LogP contribution in [0.2, 0.25) is 0 Å². The summed E-state index contributed by atoms with van der Waals surface area (Å²) in [7, 11) is 0. The van der Waals surface area contributed by atoms with E-state index in [9.17, 15) is 5.11 Å². The Morgan fingerprint density at radius 3 is 2.62 bits per heavy atom. The molecule has 3 heterocycles. The van der Waals surface area contributed by atoms with E-state index < -0.39 is 5.60 Å². The van der Waals surface area contributed by atoms with Crippen molar-refractivity contribution in [3.05, 3.63) is 16.3 Å². The van der Waals surface area contributed by atoms with Crippen LogP contribution in [-0.4, -0.2) is 38.7 Å². The first-order valence-electron chi connectivity index (χ1n) is 7.32. The lowest BCUT2D eigenvalue weighted by molar-refractivity contribution is -0.00784. The Morgan fingerprint density at radius 1 is 1.29 bits per heavy atom. The van der Waals surface area contributed by atoms with Crippen LogP contribution in [-0.2, 0) is 6.54 Å². The largest absolute Gasteiger partial charge is 0.390 e. The fourth-order valence-electron chi connectivity index (χ4n) is 2.79. The number of aromatic nitrogens is 2. The fraction of sp³-hybridized carbons (Fsp3) is 0.600. The van der Waals surface area contributed by atoms with Crippen molar-refractivity contribution in [1.82, 2.24) is 14.9 Å². The molecule has 0 unspecified atom stereocenters. The molecule has 21 heavy (non-hydrogen) atoms. The van der Waals surface area contributed by atoms with Crippen LogP contribution >= 0.6 is 11.3 Å². The second-order valence-corrected chi connectivity index (χ2v) is 7.46. The molecule has 6 heteroatoms. The normalized spacial score (nSPS) is 19.2. The van der Waals surface area contributed by atoms with E-state index in [0.717, 1.165) is 42.0 Å². The molecule has 3 N–H and O–H groups in total. The second-order valence-electron chi connectivity index (χ2n) is 6.26. The Labute approximate surface area is 128 Å². The van der Waals surface area contributed by atoms with Gasteiger partial charge in [0.2, 0.25) is 0 Å². The molecule has 0 aliphatic carbocycles. The minimum Gasteiger partial charge on any atom is -0.390 e. The summed E-state index contributed by atoms with van der Waals surface area (Å²) in [6.07, 6.45) is 1.59. The van der Waals surface area contributed by atoms with Gasteiger partial charge < -0.3 is 10.8 Å². The summed E-state index contributed by atoms with van der Waals surface area (Å²) >= 11 is 1.68. The fourth-order valence-corrected chi connectivity index (χ4v) is 3.85. The molecule has 1 aliphatic heterocycles. The van der Waals surface area contributed by atoms with Gasteiger partial charge in [0.1, 0.15) is 16.5 Å². The quantitative estimate of drug-likeness (QED) is 0.890. The molecule has 2 aromatic heterocycles. The Balaban J connectivity index is 1.82. The van der Waals surface area contributed by atoms with Crippen molar-refractivity contribution in [2.75, 3.05) is 18.8 Å². The summed E-state index contributed by atoms with van der Waals surface area (Å²) in [5.74, 6) is 1.36. The van der Waals surface area contributed by atoms with Crippen molar-refractivity contribution in [3.63, 3.8) is 0 Å². The summed E-state index contributed by atoms with van der Waals surface area (Å²) in [6.45, 7) is 8.51. The van der Waals surface area contributed by atoms with E-state index in [-0.39, 0.29) is 0 Å². The Bertz CT molecular complexity index is 670. The average molecular weight is 306 g/mol. The van der Waals surface area contributed by atoms with Gasteiger partial charge in [0, 0.05) is 18.0 Å². The molecule has 0 atom stereocenters. The number of fused-ring (bicyclic) bond motifs is 1. The predicted octanol–water partition coefficient (Wildman–Crippen LogP) is 2.24. The number of nitrogen functional groups attached to an aromatic ring is 1. The lowest BCUT2D eigenvalue weighted by Gasteiger charge is -2.35. The second kappa shape index (κ2) is 5.19. The zero-order valence-corrected chi connectivity index (χ0v) is 13.6. The van der Waals surface area contributed by atoms with Crippen LogP contribution in [0.3, 0.4) is 0 Å². The van der Waals surface area contributed by atoms with Gasteiger partial charge in [-0.2, -0.15) is 0 Å². The third-order valence-corrected chi connectivity index (χ3v) is 5.50. The monoisotopic (exact) mass is 306 g/mol. The van der Waals surface area contributed by atoms with E-state index in [0.29, 0.717) is 12.4 Å². The minimum absolute atomic E-state index is 0.525. The molecule has 0 radical (unpaired) electrons. The van der Waals surface area contributed by atoms with E-state index in [1.54, 1.807) is 11.3 Å². The molecule has 0 spiro atoms. The number of likely N-dealkylation sites (tertiary alicyclic amines) is 1. The van der Waals surface area contributed by atoms with Crippen LogP contribution in [0.4, 0.5) is 5.82 Å². The molecular weight excluding hydrogens is 284 g/mol. The molecule has 0 saturated carbocycles. The van der Waals surface area contributed by atoms with Gasteiger partial charge in [0.05, 0.1) is 17.5 Å². The topological polar surface area (TPSA) is 75.3 Å². The number of nitrogens with two attached hydrogens (primary N) is 1. The van der Waals surface area contributed by atoms with Crippen LogP contribution in [0.1, 0.15) is 36.0 Å². The minimum atomic E-state index is -0.525. The first kappa shape index (κ1) is 14.7. The Kier molecular flexibility index (Phi) is 3.63. The molecule has 114 valence electrons. The van der Waals surface area contributed by atoms with Gasteiger partial charge in [-0.3, -0.25) is 4.90 Å². The lowest BCUT2D eigenvalue weighted by Crippen LogP contribution is -2.42. The molecule has 3 rings (SSSR count). The molecule has 0 aromatic carbocycles. The number of rotatable bonds is 2. The zero-order chi connectivity index (χ0) is 15.2. The molecule has 0 amide bonds. The number of nitrogens with zero attached hydrogens (tertiary/aromatic N) is 3. The standard InChI is InChI=1S/C15H22N4OS/c1-9-10(2)21-14-12(9)13(16)17-11(18-14)8-19-6-4-15(3,20)5-7-19/h20H,4-8H2,1-3H3,(H2,16,17,18). The van der Waals surface area contributed by atoms with Crippen molar-refractivity contribution in [2.45, 2.75) is 45.8 Å². The maximum atomic E-state index is 10.0. The van der Waals surface area contributed by atoms with Gasteiger partial charge in [-0.05, 0) is 39.2 Å². The highest BCUT2D eigenvalue weighted by molar-refractivity contribution is 7.18. The third kappa shape index (κ3) is 2.88. The summed E-state index contributed by atoms with van der Waals surface area (Å²) in [4.78, 5) is 13.7. The van der Waals surface area contributed by atoms with E-state index >= 15 is 0 Å². The molecular formula is C15H22N4OS. The molecule has 2 aromatic rings. The highest BCUT2D eigenvalue weighted by atomic mass is 32.1. The smallest absolute Gasteiger partial charge is 0.146 e. The number of thiophene rings is 1. The predicted molar refractivity (Wildman–Crippen MR) is 86.4 cm³/mol. The van der Waals surface area contributed by atoms with Gasteiger partial charge in [-0.1, -0.05) is 0 Å². The van der Waals surface area contributed by atoms with Gasteiger partial charge in [-0.25, -0.2) is 9.97 Å². The maximum Gasteiger partial charge on any atom is 0.146 e. The Hall–Kier alpha value is -1.24. The van der Waals surface area contributed by atoms with Gasteiger partial charge in [-0.15, -0.1) is 11.3 Å². The van der Waals surface area contributed by atoms with Crippen LogP contribution in [0, 0.1) is 13.8 Å². The maximum absolute atomic E-state index is 10.0. The number of hydrogen-bond donors (Lipinski definition) is 2. The average Bonchev–Trinajstić information content (AvgIpc) is 2.68. The zero-order valence-electron chi connectivity index (χ0n) is 12.8. The van der Waals surface area contributed by atoms with E-state index in [4.69, 9.17) is 5.73 Å². The molecule has 0 bridgehead atoms. The van der Waals surface area contributed by atoms with Crippen LogP contribution in [0.15, 0.2) is 0 Å². The van der Waals surface area contributed by atoms with E-state index in [1.165, 1.54) is 10.4 Å². The Morgan fingerprint density at radius 2 is 1.95 bits per heavy atom. The van der Waals surface area contributed by atoms with Crippen molar-refractivity contribution in [3.8, 4) is 0 Å². The summed E-state index contributed by atoms with van der Waals surface area (Å²) < 4.78 is 0. The van der Waals surface area contributed by atoms with Gasteiger partial charge >= 0.3 is 0 Å². The molecule has 1 saturated heterocycles. The number of anilines is 1. The number of hydrogen-bond acceptors (Lipinski definition) is 6. The van der Waals surface area contributed by atoms with Crippen molar-refractivity contribution in [2.24, 2.45) is 0 Å². The summed E-state index contributed by atoms with van der Waals surface area (Å²) in [5, 5.41) is 11.0. The van der Waals surface area contributed by atoms with Crippen molar-refractivity contribution >= 4 is 27.4 Å². The summed E-state index contributed by atoms with van der Waals surface area (Å²) in [6, 6.07) is 0. The number of aliphatic hydroxyl groups is 1. The van der Waals surface area contributed by atoms with Crippen molar-refractivity contribution < 1.29 is 5.11 Å². The lowest BCUT2D eigenvalue weighted by atomic mass is 9.94. The SMILES string of the molecule is Cc1sc2nc(CN3CCC(C)(O)CC3)nc(N)c2c1C. The van der Waals surface area contributed by atoms with Gasteiger partial charge in [0.15, 0.2) is 0 Å². The van der Waals surface area contributed by atoms with Crippen LogP contribution < -0.4 is 5.73 Å². The molecule has 1 aliphatic rings. The van der Waals surface area contributed by atoms with Crippen molar-refractivity contribution in [1.29, 1.82) is 0 Å². The third-order valence-electron chi connectivity index (χ3n) is 4.40. The van der Waals surface area contributed by atoms with Crippen LogP contribution in [0.5, 0.6) is 0 Å². The van der Waals surface area contributed by atoms with E-state index in [1.807, 2.05) is 6.92 Å². The highest BCUT2D eigenvalue weighted by Gasteiger charge is 2.27. The summed E-state index contributed by atoms with van der Waals surface area (Å²) in [5.41, 5.74) is 6.78. The van der Waals surface area contributed by atoms with Gasteiger partial charge in [0.25, 0.3) is 0 Å². The van der Waals surface area contributed by atoms with E-state index in [2.05, 4.69) is 28.7 Å². The number of aryl methyl sites for hydroxylation is 2. The first-order chi connectivity index (χ1) is 9.85. The van der Waals surface area contributed by atoms with Crippen LogP contribution in [0.25, 0.3) is 10.2 Å². The molecule has 1 fully saturated rings. The molecule has 5 nitrogen and oxygen atoms in total.